The maximum Gasteiger partial charge on any atom is 0.150 e. The van der Waals surface area contributed by atoms with Gasteiger partial charge in [-0.3, -0.25) is 4.79 Å². The third-order valence-corrected chi connectivity index (χ3v) is 6.14. The molecule has 0 bridgehead atoms. The fourth-order valence-corrected chi connectivity index (χ4v) is 4.24. The molecule has 0 aromatic heterocycles. The Labute approximate surface area is 152 Å². The molecule has 0 aliphatic heterocycles. The maximum absolute atomic E-state index is 11.3. The molecule has 1 aliphatic carbocycles. The van der Waals surface area contributed by atoms with Crippen LogP contribution in [0.15, 0.2) is 30.3 Å². The Morgan fingerprint density at radius 2 is 1.52 bits per heavy atom. The summed E-state index contributed by atoms with van der Waals surface area (Å²) in [7, 11) is 0. The quantitative estimate of drug-likeness (QED) is 0.595. The number of aldehydes is 1. The predicted molar refractivity (Wildman–Crippen MR) is 107 cm³/mol. The molecule has 0 amide bonds. The lowest BCUT2D eigenvalue weighted by Gasteiger charge is -2.42. The second-order valence-electron chi connectivity index (χ2n) is 8.87. The number of aryl methyl sites for hydroxylation is 2. The summed E-state index contributed by atoms with van der Waals surface area (Å²) in [5, 5.41) is 0. The molecule has 2 aromatic rings. The minimum atomic E-state index is 0.196. The van der Waals surface area contributed by atoms with E-state index < -0.39 is 0 Å². The largest absolute Gasteiger partial charge is 0.298 e. The average molecular weight is 335 g/mol. The number of hydrogen-bond donors (Lipinski definition) is 0. The lowest BCUT2D eigenvalue weighted by atomic mass is 9.62. The van der Waals surface area contributed by atoms with Crippen LogP contribution < -0.4 is 0 Å². The number of carbonyl (C=O) groups excluding carboxylic acids is 1. The van der Waals surface area contributed by atoms with Crippen LogP contribution in [-0.2, 0) is 17.3 Å². The molecule has 0 spiro atoms. The molecule has 2 aromatic carbocycles. The van der Waals surface area contributed by atoms with E-state index in [4.69, 9.17) is 0 Å². The van der Waals surface area contributed by atoms with E-state index in [0.717, 1.165) is 18.3 Å². The van der Waals surface area contributed by atoms with Crippen LogP contribution in [0.5, 0.6) is 0 Å². The molecule has 0 radical (unpaired) electrons. The second kappa shape index (κ2) is 6.12. The molecule has 0 unspecified atom stereocenters. The van der Waals surface area contributed by atoms with Crippen molar-refractivity contribution in [3.63, 3.8) is 0 Å². The summed E-state index contributed by atoms with van der Waals surface area (Å²) in [6, 6.07) is 10.9. The number of rotatable bonds is 3. The molecule has 0 saturated carbocycles. The first-order chi connectivity index (χ1) is 11.7. The van der Waals surface area contributed by atoms with Gasteiger partial charge in [0.15, 0.2) is 0 Å². The summed E-state index contributed by atoms with van der Waals surface area (Å²) in [6.07, 6.45) is 4.36. The van der Waals surface area contributed by atoms with Crippen molar-refractivity contribution in [3.05, 3.63) is 58.1 Å². The van der Waals surface area contributed by atoms with Gasteiger partial charge < -0.3 is 0 Å². The first-order valence-corrected chi connectivity index (χ1v) is 9.43. The van der Waals surface area contributed by atoms with E-state index >= 15 is 0 Å². The molecule has 3 rings (SSSR count). The zero-order valence-corrected chi connectivity index (χ0v) is 16.5. The number of hydrogen-bond acceptors (Lipinski definition) is 1. The third kappa shape index (κ3) is 3.05. The molecule has 132 valence electrons. The van der Waals surface area contributed by atoms with Crippen LogP contribution in [-0.4, -0.2) is 6.29 Å². The standard InChI is InChI=1S/C24H30O/c1-7-18-9-8-17(15-25)13-20(18)19-14-22-21(12-16(19)2)23(3,4)10-11-24(22,5)6/h8-9,12-15H,7,10-11H2,1-6H3. The zero-order chi connectivity index (χ0) is 18.4. The van der Waals surface area contributed by atoms with Gasteiger partial charge >= 0.3 is 0 Å². The summed E-state index contributed by atoms with van der Waals surface area (Å²) in [6.45, 7) is 13.8. The van der Waals surface area contributed by atoms with Crippen LogP contribution in [0, 0.1) is 6.92 Å². The van der Waals surface area contributed by atoms with Gasteiger partial charge in [0.2, 0.25) is 0 Å². The minimum Gasteiger partial charge on any atom is -0.298 e. The van der Waals surface area contributed by atoms with E-state index in [1.54, 1.807) is 0 Å². The molecule has 0 fully saturated rings. The summed E-state index contributed by atoms with van der Waals surface area (Å²) < 4.78 is 0. The van der Waals surface area contributed by atoms with E-state index in [2.05, 4.69) is 65.8 Å². The highest BCUT2D eigenvalue weighted by Gasteiger charge is 2.37. The van der Waals surface area contributed by atoms with Crippen LogP contribution in [0.1, 0.15) is 80.1 Å². The van der Waals surface area contributed by atoms with Gasteiger partial charge in [0, 0.05) is 5.56 Å². The third-order valence-electron chi connectivity index (χ3n) is 6.14. The van der Waals surface area contributed by atoms with Crippen molar-refractivity contribution >= 4 is 6.29 Å². The van der Waals surface area contributed by atoms with Crippen LogP contribution in [0.3, 0.4) is 0 Å². The number of carbonyl (C=O) groups is 1. The predicted octanol–water partition coefficient (Wildman–Crippen LogP) is 6.39. The Bertz CT molecular complexity index is 824. The fraction of sp³-hybridized carbons (Fsp3) is 0.458. The van der Waals surface area contributed by atoms with E-state index in [9.17, 15) is 4.79 Å². The Morgan fingerprint density at radius 3 is 2.08 bits per heavy atom. The highest BCUT2D eigenvalue weighted by molar-refractivity contribution is 5.81. The van der Waals surface area contributed by atoms with Crippen molar-refractivity contribution in [1.29, 1.82) is 0 Å². The molecule has 0 atom stereocenters. The number of benzene rings is 2. The second-order valence-corrected chi connectivity index (χ2v) is 8.87. The molecule has 0 heterocycles. The monoisotopic (exact) mass is 334 g/mol. The smallest absolute Gasteiger partial charge is 0.150 e. The van der Waals surface area contributed by atoms with Gasteiger partial charge in [-0.2, -0.15) is 0 Å². The van der Waals surface area contributed by atoms with Crippen LogP contribution in [0.25, 0.3) is 11.1 Å². The highest BCUT2D eigenvalue weighted by atomic mass is 16.1. The Morgan fingerprint density at radius 1 is 0.920 bits per heavy atom. The SMILES string of the molecule is CCc1ccc(C=O)cc1-c1cc2c(cc1C)C(C)(C)CCC2(C)C. The average Bonchev–Trinajstić information content (AvgIpc) is 2.58. The van der Waals surface area contributed by atoms with Gasteiger partial charge in [0.1, 0.15) is 6.29 Å². The normalized spacial score (nSPS) is 17.8. The van der Waals surface area contributed by atoms with E-state index in [-0.39, 0.29) is 10.8 Å². The van der Waals surface area contributed by atoms with Crippen LogP contribution in [0.2, 0.25) is 0 Å². The highest BCUT2D eigenvalue weighted by Crippen LogP contribution is 2.47. The zero-order valence-electron chi connectivity index (χ0n) is 16.5. The molecule has 0 N–H and O–H groups in total. The minimum absolute atomic E-state index is 0.196. The summed E-state index contributed by atoms with van der Waals surface area (Å²) >= 11 is 0. The topological polar surface area (TPSA) is 17.1 Å². The first kappa shape index (κ1) is 17.9. The summed E-state index contributed by atoms with van der Waals surface area (Å²) in [4.78, 5) is 11.3. The van der Waals surface area contributed by atoms with Crippen molar-refractivity contribution in [3.8, 4) is 11.1 Å². The Hall–Kier alpha value is -1.89. The maximum atomic E-state index is 11.3. The van der Waals surface area contributed by atoms with Crippen molar-refractivity contribution < 1.29 is 4.79 Å². The summed E-state index contributed by atoms with van der Waals surface area (Å²) in [5.41, 5.74) is 9.26. The van der Waals surface area contributed by atoms with Gasteiger partial charge in [-0.15, -0.1) is 0 Å². The van der Waals surface area contributed by atoms with Gasteiger partial charge in [-0.25, -0.2) is 0 Å². The van der Waals surface area contributed by atoms with E-state index in [1.165, 1.54) is 46.2 Å². The van der Waals surface area contributed by atoms with Crippen LogP contribution >= 0.6 is 0 Å². The van der Waals surface area contributed by atoms with Crippen molar-refractivity contribution in [2.45, 2.75) is 71.6 Å². The number of fused-ring (bicyclic) bond motifs is 1. The van der Waals surface area contributed by atoms with Crippen molar-refractivity contribution in [2.24, 2.45) is 0 Å². The van der Waals surface area contributed by atoms with Gasteiger partial charge in [-0.1, -0.05) is 58.9 Å². The Balaban J connectivity index is 2.28. The molecule has 1 nitrogen and oxygen atoms in total. The van der Waals surface area contributed by atoms with Gasteiger partial charge in [0.25, 0.3) is 0 Å². The lowest BCUT2D eigenvalue weighted by molar-refractivity contribution is 0.112. The van der Waals surface area contributed by atoms with E-state index in [0.29, 0.717) is 0 Å². The van der Waals surface area contributed by atoms with Crippen LogP contribution in [0.4, 0.5) is 0 Å². The molecular weight excluding hydrogens is 304 g/mol. The van der Waals surface area contributed by atoms with E-state index in [1.807, 2.05) is 6.07 Å². The van der Waals surface area contributed by atoms with Crippen molar-refractivity contribution in [1.82, 2.24) is 0 Å². The molecule has 1 aliphatic rings. The first-order valence-electron chi connectivity index (χ1n) is 9.43. The Kier molecular flexibility index (Phi) is 4.39. The lowest BCUT2D eigenvalue weighted by Crippen LogP contribution is -2.34. The summed E-state index contributed by atoms with van der Waals surface area (Å²) in [5.74, 6) is 0. The van der Waals surface area contributed by atoms with Gasteiger partial charge in [-0.05, 0) is 76.5 Å². The molecular formula is C24H30O. The molecule has 1 heteroatoms. The molecule has 25 heavy (non-hydrogen) atoms. The van der Waals surface area contributed by atoms with Crippen molar-refractivity contribution in [2.75, 3.05) is 0 Å². The van der Waals surface area contributed by atoms with Gasteiger partial charge in [0.05, 0.1) is 0 Å². The fourth-order valence-electron chi connectivity index (χ4n) is 4.24. The molecule has 0 saturated heterocycles.